The summed E-state index contributed by atoms with van der Waals surface area (Å²) in [5.74, 6) is 0.815. The molecule has 0 saturated carbocycles. The van der Waals surface area contributed by atoms with Crippen LogP contribution in [0.2, 0.25) is 0 Å². The number of nitrogens with one attached hydrogen (secondary N) is 1. The summed E-state index contributed by atoms with van der Waals surface area (Å²) >= 11 is 1.53. The van der Waals surface area contributed by atoms with E-state index in [4.69, 9.17) is 9.47 Å². The van der Waals surface area contributed by atoms with Crippen LogP contribution in [-0.4, -0.2) is 42.2 Å². The number of hydrogen-bond donors (Lipinski definition) is 1. The second-order valence-electron chi connectivity index (χ2n) is 8.88. The molecule has 0 radical (unpaired) electrons. The van der Waals surface area contributed by atoms with E-state index < -0.39 is 0 Å². The van der Waals surface area contributed by atoms with E-state index in [9.17, 15) is 4.79 Å². The molecular formula is C24H29N3O3S. The molecule has 1 saturated heterocycles. The molecular weight excluding hydrogens is 410 g/mol. The van der Waals surface area contributed by atoms with E-state index in [1.807, 2.05) is 35.2 Å². The predicted molar refractivity (Wildman–Crippen MR) is 126 cm³/mol. The molecule has 2 heterocycles. The topological polar surface area (TPSA) is 63.7 Å². The summed E-state index contributed by atoms with van der Waals surface area (Å²) in [7, 11) is 1.66. The van der Waals surface area contributed by atoms with Crippen molar-refractivity contribution in [2.24, 2.45) is 0 Å². The second-order valence-corrected chi connectivity index (χ2v) is 9.87. The number of amides is 2. The van der Waals surface area contributed by atoms with E-state index in [1.54, 1.807) is 7.11 Å². The van der Waals surface area contributed by atoms with Gasteiger partial charge in [-0.1, -0.05) is 44.2 Å². The highest BCUT2D eigenvalue weighted by Gasteiger charge is 2.25. The number of nitrogens with zero attached hydrogens (tertiary/aromatic N) is 2. The fourth-order valence-corrected chi connectivity index (χ4v) is 4.55. The molecule has 0 atom stereocenters. The number of benzene rings is 2. The molecule has 0 aliphatic carbocycles. The van der Waals surface area contributed by atoms with Gasteiger partial charge in [0.2, 0.25) is 0 Å². The summed E-state index contributed by atoms with van der Waals surface area (Å²) in [5.41, 5.74) is 3.08. The Morgan fingerprint density at radius 1 is 1.13 bits per heavy atom. The van der Waals surface area contributed by atoms with Crippen LogP contribution in [-0.2, 0) is 5.41 Å². The molecule has 1 fully saturated rings. The third-order valence-electron chi connectivity index (χ3n) is 5.57. The first kappa shape index (κ1) is 21.4. The number of urea groups is 1. The third-order valence-corrected chi connectivity index (χ3v) is 6.48. The SMILES string of the molecule is COc1ccc2nc(OC3CCN(C(=O)Nc4ccc(C(C)(C)C)cc4)CC3)sc2c1. The van der Waals surface area contributed by atoms with Gasteiger partial charge in [0.1, 0.15) is 11.9 Å². The van der Waals surface area contributed by atoms with Crippen LogP contribution in [0.1, 0.15) is 39.2 Å². The van der Waals surface area contributed by atoms with E-state index >= 15 is 0 Å². The molecule has 164 valence electrons. The minimum Gasteiger partial charge on any atom is -0.497 e. The summed E-state index contributed by atoms with van der Waals surface area (Å²) in [6, 6.07) is 13.8. The summed E-state index contributed by atoms with van der Waals surface area (Å²) in [5, 5.41) is 3.68. The molecule has 1 N–H and O–H groups in total. The fraction of sp³-hybridized carbons (Fsp3) is 0.417. The number of carbonyl (C=O) groups is 1. The highest BCUT2D eigenvalue weighted by molar-refractivity contribution is 7.20. The number of methoxy groups -OCH3 is 1. The van der Waals surface area contributed by atoms with Crippen molar-refractivity contribution in [3.05, 3.63) is 48.0 Å². The number of ether oxygens (including phenoxy) is 2. The summed E-state index contributed by atoms with van der Waals surface area (Å²) in [6.07, 6.45) is 1.64. The first-order valence-corrected chi connectivity index (χ1v) is 11.4. The van der Waals surface area contributed by atoms with Crippen LogP contribution in [0.5, 0.6) is 10.9 Å². The van der Waals surface area contributed by atoms with Gasteiger partial charge in [-0.05, 0) is 41.3 Å². The molecule has 1 aromatic heterocycles. The second kappa shape index (κ2) is 8.75. The maximum Gasteiger partial charge on any atom is 0.321 e. The van der Waals surface area contributed by atoms with Gasteiger partial charge < -0.3 is 19.7 Å². The Balaban J connectivity index is 1.29. The quantitative estimate of drug-likeness (QED) is 0.568. The number of carbonyl (C=O) groups excluding carboxylic acids is 1. The lowest BCUT2D eigenvalue weighted by Gasteiger charge is -2.31. The normalized spacial score (nSPS) is 15.2. The van der Waals surface area contributed by atoms with E-state index in [0.29, 0.717) is 18.3 Å². The largest absolute Gasteiger partial charge is 0.497 e. The standard InChI is InChI=1S/C24H29N3O3S/c1-24(2,3)16-5-7-17(8-6-16)25-22(28)27-13-11-18(12-14-27)30-23-26-20-10-9-19(29-4)15-21(20)31-23/h5-10,15,18H,11-14H2,1-4H3,(H,25,28). The zero-order chi connectivity index (χ0) is 22.0. The average molecular weight is 440 g/mol. The Labute approximate surface area is 187 Å². The number of hydrogen-bond acceptors (Lipinski definition) is 5. The van der Waals surface area contributed by atoms with Crippen LogP contribution in [0, 0.1) is 0 Å². The number of rotatable bonds is 4. The zero-order valence-electron chi connectivity index (χ0n) is 18.5. The van der Waals surface area contributed by atoms with Crippen molar-refractivity contribution in [2.75, 3.05) is 25.5 Å². The monoisotopic (exact) mass is 439 g/mol. The number of aromatic nitrogens is 1. The van der Waals surface area contributed by atoms with Crippen molar-refractivity contribution in [1.29, 1.82) is 0 Å². The minimum absolute atomic E-state index is 0.0611. The van der Waals surface area contributed by atoms with Gasteiger partial charge in [-0.2, -0.15) is 0 Å². The number of piperidine rings is 1. The van der Waals surface area contributed by atoms with E-state index in [2.05, 4.69) is 43.2 Å². The van der Waals surface area contributed by atoms with Crippen molar-refractivity contribution in [3.8, 4) is 10.9 Å². The molecule has 7 heteroatoms. The van der Waals surface area contributed by atoms with Gasteiger partial charge in [-0.15, -0.1) is 0 Å². The summed E-state index contributed by atoms with van der Waals surface area (Å²) in [6.45, 7) is 7.86. The van der Waals surface area contributed by atoms with Gasteiger partial charge >= 0.3 is 6.03 Å². The van der Waals surface area contributed by atoms with E-state index in [1.165, 1.54) is 16.9 Å². The van der Waals surface area contributed by atoms with E-state index in [0.717, 1.165) is 34.5 Å². The first-order valence-electron chi connectivity index (χ1n) is 10.6. The molecule has 3 aromatic rings. The van der Waals surface area contributed by atoms with Crippen LogP contribution in [0.25, 0.3) is 10.2 Å². The van der Waals surface area contributed by atoms with Crippen LogP contribution >= 0.6 is 11.3 Å². The molecule has 2 aromatic carbocycles. The van der Waals surface area contributed by atoms with Gasteiger partial charge in [-0.3, -0.25) is 0 Å². The molecule has 31 heavy (non-hydrogen) atoms. The predicted octanol–water partition coefficient (Wildman–Crippen LogP) is 5.68. The van der Waals surface area contributed by atoms with Crippen molar-refractivity contribution < 1.29 is 14.3 Å². The van der Waals surface area contributed by atoms with Gasteiger partial charge in [0.15, 0.2) is 0 Å². The number of likely N-dealkylation sites (tertiary alicyclic amines) is 1. The minimum atomic E-state index is -0.0611. The lowest BCUT2D eigenvalue weighted by molar-refractivity contribution is 0.115. The summed E-state index contributed by atoms with van der Waals surface area (Å²) in [4.78, 5) is 19.1. The molecule has 0 bridgehead atoms. The Hall–Kier alpha value is -2.80. The maximum absolute atomic E-state index is 12.6. The lowest BCUT2D eigenvalue weighted by Crippen LogP contribution is -2.43. The Bertz CT molecular complexity index is 1050. The lowest BCUT2D eigenvalue weighted by atomic mass is 9.87. The molecule has 0 unspecified atom stereocenters. The molecule has 4 rings (SSSR count). The van der Waals surface area contributed by atoms with Gasteiger partial charge in [0.25, 0.3) is 5.19 Å². The fourth-order valence-electron chi connectivity index (χ4n) is 3.64. The third kappa shape index (κ3) is 5.10. The van der Waals surface area contributed by atoms with Gasteiger partial charge in [0, 0.05) is 31.6 Å². The number of anilines is 1. The number of fused-ring (bicyclic) bond motifs is 1. The maximum atomic E-state index is 12.6. The van der Waals surface area contributed by atoms with Crippen LogP contribution in [0.15, 0.2) is 42.5 Å². The Morgan fingerprint density at radius 2 is 1.84 bits per heavy atom. The van der Waals surface area contributed by atoms with Crippen LogP contribution in [0.3, 0.4) is 0 Å². The molecule has 2 amide bonds. The van der Waals surface area contributed by atoms with Crippen molar-refractivity contribution in [2.45, 2.75) is 45.1 Å². The zero-order valence-corrected chi connectivity index (χ0v) is 19.3. The molecule has 1 aliphatic heterocycles. The van der Waals surface area contributed by atoms with Crippen LogP contribution in [0.4, 0.5) is 10.5 Å². The molecule has 1 aliphatic rings. The first-order chi connectivity index (χ1) is 14.8. The van der Waals surface area contributed by atoms with Gasteiger partial charge in [0.05, 0.1) is 17.3 Å². The Morgan fingerprint density at radius 3 is 2.48 bits per heavy atom. The van der Waals surface area contributed by atoms with Gasteiger partial charge in [-0.25, -0.2) is 9.78 Å². The highest BCUT2D eigenvalue weighted by atomic mass is 32.1. The Kier molecular flexibility index (Phi) is 6.05. The van der Waals surface area contributed by atoms with Crippen molar-refractivity contribution in [3.63, 3.8) is 0 Å². The summed E-state index contributed by atoms with van der Waals surface area (Å²) < 4.78 is 12.4. The molecule has 0 spiro atoms. The number of thiazole rings is 1. The van der Waals surface area contributed by atoms with Crippen molar-refractivity contribution in [1.82, 2.24) is 9.88 Å². The van der Waals surface area contributed by atoms with Crippen molar-refractivity contribution >= 4 is 33.3 Å². The highest BCUT2D eigenvalue weighted by Crippen LogP contribution is 2.32. The van der Waals surface area contributed by atoms with Crippen LogP contribution < -0.4 is 14.8 Å². The average Bonchev–Trinajstić information content (AvgIpc) is 3.15. The van der Waals surface area contributed by atoms with E-state index in [-0.39, 0.29) is 17.6 Å². The smallest absolute Gasteiger partial charge is 0.321 e. The molecule has 6 nitrogen and oxygen atoms in total.